The van der Waals surface area contributed by atoms with Gasteiger partial charge in [0.25, 0.3) is 5.91 Å². The third kappa shape index (κ3) is 4.30. The van der Waals surface area contributed by atoms with Crippen molar-refractivity contribution < 1.29 is 17.9 Å². The van der Waals surface area contributed by atoms with Gasteiger partial charge in [-0.15, -0.1) is 0 Å². The molecule has 1 heterocycles. The Balaban J connectivity index is 1.90. The van der Waals surface area contributed by atoms with Crippen LogP contribution in [0.15, 0.2) is 53.4 Å². The summed E-state index contributed by atoms with van der Waals surface area (Å²) in [5, 5.41) is 7.24. The highest BCUT2D eigenvalue weighted by Crippen LogP contribution is 2.25. The minimum Gasteiger partial charge on any atom is -0.495 e. The summed E-state index contributed by atoms with van der Waals surface area (Å²) in [5.74, 6) is -0.284. The van der Waals surface area contributed by atoms with Crippen LogP contribution in [0.4, 0.5) is 5.69 Å². The first-order valence-electron chi connectivity index (χ1n) is 8.82. The van der Waals surface area contributed by atoms with Crippen molar-refractivity contribution in [2.75, 3.05) is 19.5 Å². The average Bonchev–Trinajstić information content (AvgIpc) is 3.05. The summed E-state index contributed by atoms with van der Waals surface area (Å²) in [6.45, 7) is 3.86. The molecule has 0 aliphatic rings. The second-order valence-corrected chi connectivity index (χ2v) is 8.27. The number of rotatable bonds is 6. The van der Waals surface area contributed by atoms with E-state index in [0.717, 1.165) is 17.1 Å². The van der Waals surface area contributed by atoms with E-state index in [2.05, 4.69) is 15.1 Å². The van der Waals surface area contributed by atoms with Gasteiger partial charge >= 0.3 is 0 Å². The first kappa shape index (κ1) is 20.6. The van der Waals surface area contributed by atoms with Crippen LogP contribution in [0.5, 0.6) is 5.75 Å². The highest BCUT2D eigenvalue weighted by atomic mass is 32.2. The molecule has 0 aliphatic carbocycles. The first-order chi connectivity index (χ1) is 13.7. The number of anilines is 1. The fourth-order valence-corrected chi connectivity index (χ4v) is 3.87. The molecule has 0 atom stereocenters. The topological polar surface area (TPSA) is 102 Å². The van der Waals surface area contributed by atoms with Gasteiger partial charge in [0.2, 0.25) is 10.0 Å². The zero-order valence-electron chi connectivity index (χ0n) is 16.6. The Bertz CT molecular complexity index is 1170. The lowest BCUT2D eigenvalue weighted by molar-refractivity contribution is 0.102. The molecule has 0 aliphatic heterocycles. The number of nitrogens with one attached hydrogen (secondary N) is 2. The fraction of sp³-hybridized carbons (Fsp3) is 0.200. The summed E-state index contributed by atoms with van der Waals surface area (Å²) in [7, 11) is -1.11. The molecule has 0 fully saturated rings. The predicted molar refractivity (Wildman–Crippen MR) is 110 cm³/mol. The Hall–Kier alpha value is -3.17. The van der Waals surface area contributed by atoms with Crippen LogP contribution < -0.4 is 14.8 Å². The maximum Gasteiger partial charge on any atom is 0.255 e. The van der Waals surface area contributed by atoms with Crippen LogP contribution >= 0.6 is 0 Å². The number of hydrogen-bond acceptors (Lipinski definition) is 5. The molecule has 3 aromatic rings. The molecule has 9 heteroatoms. The Morgan fingerprint density at radius 3 is 2.48 bits per heavy atom. The largest absolute Gasteiger partial charge is 0.495 e. The smallest absolute Gasteiger partial charge is 0.255 e. The number of sulfonamides is 1. The number of hydrogen-bond donors (Lipinski definition) is 2. The summed E-state index contributed by atoms with van der Waals surface area (Å²) in [5.41, 5.74) is 3.43. The Labute approximate surface area is 169 Å². The number of carbonyl (C=O) groups excluding carboxylic acids is 1. The zero-order chi connectivity index (χ0) is 21.2. The van der Waals surface area contributed by atoms with E-state index in [4.69, 9.17) is 4.74 Å². The number of amides is 1. The van der Waals surface area contributed by atoms with Crippen LogP contribution in [0, 0.1) is 13.8 Å². The number of aryl methyl sites for hydroxylation is 2. The lowest BCUT2D eigenvalue weighted by atomic mass is 10.2. The molecular formula is C20H22N4O4S. The van der Waals surface area contributed by atoms with Gasteiger partial charge < -0.3 is 10.1 Å². The minimum absolute atomic E-state index is 0.105. The predicted octanol–water partition coefficient (Wildman–Crippen LogP) is 2.66. The highest BCUT2D eigenvalue weighted by molar-refractivity contribution is 7.89. The molecule has 29 heavy (non-hydrogen) atoms. The first-order valence-corrected chi connectivity index (χ1v) is 10.3. The molecule has 3 rings (SSSR count). The summed E-state index contributed by atoms with van der Waals surface area (Å²) < 4.78 is 33.6. The lowest BCUT2D eigenvalue weighted by Gasteiger charge is -2.12. The van der Waals surface area contributed by atoms with Gasteiger partial charge in [0.1, 0.15) is 10.6 Å². The number of carbonyl (C=O) groups is 1. The van der Waals surface area contributed by atoms with Crippen molar-refractivity contribution in [3.8, 4) is 11.4 Å². The molecule has 2 aromatic carbocycles. The van der Waals surface area contributed by atoms with Gasteiger partial charge in [-0.3, -0.25) is 4.79 Å². The molecule has 1 amide bonds. The van der Waals surface area contributed by atoms with E-state index in [1.54, 1.807) is 16.8 Å². The summed E-state index contributed by atoms with van der Waals surface area (Å²) in [6.07, 6.45) is 0. The van der Waals surface area contributed by atoms with Crippen molar-refractivity contribution >= 4 is 21.6 Å². The second-order valence-electron chi connectivity index (χ2n) is 6.42. The van der Waals surface area contributed by atoms with Crippen molar-refractivity contribution in [1.29, 1.82) is 0 Å². The molecule has 0 saturated carbocycles. The Morgan fingerprint density at radius 1 is 1.10 bits per heavy atom. The number of ether oxygens (including phenoxy) is 1. The van der Waals surface area contributed by atoms with Crippen molar-refractivity contribution in [2.24, 2.45) is 0 Å². The van der Waals surface area contributed by atoms with Gasteiger partial charge in [-0.05, 0) is 63.4 Å². The van der Waals surface area contributed by atoms with Crippen molar-refractivity contribution in [3.05, 3.63) is 65.5 Å². The number of methoxy groups -OCH3 is 1. The second kappa shape index (κ2) is 8.06. The van der Waals surface area contributed by atoms with Gasteiger partial charge in [0.15, 0.2) is 0 Å². The molecule has 0 bridgehead atoms. The van der Waals surface area contributed by atoms with E-state index in [1.807, 2.05) is 32.0 Å². The third-order valence-electron chi connectivity index (χ3n) is 4.34. The van der Waals surface area contributed by atoms with Crippen LogP contribution in [-0.2, 0) is 10.0 Å². The van der Waals surface area contributed by atoms with Crippen LogP contribution in [0.3, 0.4) is 0 Å². The molecule has 8 nitrogen and oxygen atoms in total. The fourth-order valence-electron chi connectivity index (χ4n) is 2.95. The lowest BCUT2D eigenvalue weighted by Crippen LogP contribution is -2.20. The van der Waals surface area contributed by atoms with Gasteiger partial charge in [-0.2, -0.15) is 5.10 Å². The molecule has 0 saturated heterocycles. The van der Waals surface area contributed by atoms with Crippen LogP contribution in [0.2, 0.25) is 0 Å². The van der Waals surface area contributed by atoms with Crippen molar-refractivity contribution in [2.45, 2.75) is 18.7 Å². The van der Waals surface area contributed by atoms with Crippen LogP contribution in [0.1, 0.15) is 21.7 Å². The van der Waals surface area contributed by atoms with Crippen molar-refractivity contribution in [1.82, 2.24) is 14.5 Å². The van der Waals surface area contributed by atoms with Crippen molar-refractivity contribution in [3.63, 3.8) is 0 Å². The summed E-state index contributed by atoms with van der Waals surface area (Å²) in [4.78, 5) is 12.6. The quantitative estimate of drug-likeness (QED) is 0.646. The number of benzene rings is 2. The number of nitrogens with zero attached hydrogens (tertiary/aromatic N) is 2. The van der Waals surface area contributed by atoms with Crippen LogP contribution in [-0.4, -0.2) is 38.3 Å². The Morgan fingerprint density at radius 2 is 1.86 bits per heavy atom. The van der Waals surface area contributed by atoms with E-state index in [0.29, 0.717) is 5.69 Å². The van der Waals surface area contributed by atoms with Gasteiger partial charge in [0, 0.05) is 16.9 Å². The molecule has 1 aromatic heterocycles. The molecule has 152 valence electrons. The van der Waals surface area contributed by atoms with Gasteiger partial charge in [0.05, 0.1) is 18.5 Å². The van der Waals surface area contributed by atoms with E-state index >= 15 is 0 Å². The molecule has 0 unspecified atom stereocenters. The van der Waals surface area contributed by atoms with E-state index in [9.17, 15) is 13.2 Å². The average molecular weight is 414 g/mol. The monoisotopic (exact) mass is 414 g/mol. The summed E-state index contributed by atoms with van der Waals surface area (Å²) in [6, 6.07) is 13.5. The molecule has 0 spiro atoms. The highest BCUT2D eigenvalue weighted by Gasteiger charge is 2.20. The summed E-state index contributed by atoms with van der Waals surface area (Å²) >= 11 is 0. The van der Waals surface area contributed by atoms with Gasteiger partial charge in [-0.25, -0.2) is 17.8 Å². The molecular weight excluding hydrogens is 392 g/mol. The van der Waals surface area contributed by atoms with E-state index < -0.39 is 15.9 Å². The third-order valence-corrected chi connectivity index (χ3v) is 5.78. The SMILES string of the molecule is CNS(=O)(=O)c1cc(C(=O)Nc2cccc(-n3nc(C)cc3C)c2)ccc1OC. The normalized spacial score (nSPS) is 11.3. The Kier molecular flexibility index (Phi) is 5.71. The maximum absolute atomic E-state index is 12.7. The van der Waals surface area contributed by atoms with E-state index in [1.165, 1.54) is 32.4 Å². The standard InChI is InChI=1S/C20H22N4O4S/c1-13-10-14(2)24(23-13)17-7-5-6-16(12-17)22-20(25)15-8-9-18(28-4)19(11-15)29(26,27)21-3/h5-12,21H,1-4H3,(H,22,25). The maximum atomic E-state index is 12.7. The molecule has 2 N–H and O–H groups in total. The van der Waals surface area contributed by atoms with Crippen LogP contribution in [0.25, 0.3) is 5.69 Å². The number of aromatic nitrogens is 2. The molecule has 0 radical (unpaired) electrons. The van der Waals surface area contributed by atoms with E-state index in [-0.39, 0.29) is 16.2 Å². The van der Waals surface area contributed by atoms with Gasteiger partial charge in [-0.1, -0.05) is 6.07 Å². The zero-order valence-corrected chi connectivity index (χ0v) is 17.4. The minimum atomic E-state index is -3.78.